The van der Waals surface area contributed by atoms with E-state index in [0.29, 0.717) is 62.4 Å². The number of carbonyl (C=O) groups is 1. The summed E-state index contributed by atoms with van der Waals surface area (Å²) in [4.78, 5) is 13.0. The number of nitrogens with two attached hydrogens (primary N) is 1. The number of amides is 1. The minimum atomic E-state index is -0.800. The van der Waals surface area contributed by atoms with Crippen LogP contribution in [0.5, 0.6) is 23.0 Å². The minimum absolute atomic E-state index is 0.0480. The summed E-state index contributed by atoms with van der Waals surface area (Å²) in [5.41, 5.74) is 7.69. The van der Waals surface area contributed by atoms with Gasteiger partial charge in [-0.2, -0.15) is 0 Å². The Morgan fingerprint density at radius 1 is 0.837 bits per heavy atom. The maximum absolute atomic E-state index is 13.0. The Labute approximate surface area is 258 Å². The fourth-order valence-electron chi connectivity index (χ4n) is 5.01. The first-order valence-electron chi connectivity index (χ1n) is 15.4. The molecule has 0 fully saturated rings. The predicted octanol–water partition coefficient (Wildman–Crippen LogP) is 4.87. The molecule has 0 saturated heterocycles. The molecule has 0 bridgehead atoms. The summed E-state index contributed by atoms with van der Waals surface area (Å²) in [6.45, 7) is 10.2. The van der Waals surface area contributed by atoms with E-state index in [1.54, 1.807) is 21.3 Å². The van der Waals surface area contributed by atoms with Gasteiger partial charge in [-0.3, -0.25) is 4.79 Å². The van der Waals surface area contributed by atoms with Gasteiger partial charge in [0.15, 0.2) is 11.5 Å². The second kappa shape index (κ2) is 19.3. The Balaban J connectivity index is 1.92. The number of benzene rings is 2. The van der Waals surface area contributed by atoms with Crippen LogP contribution >= 0.6 is 0 Å². The fourth-order valence-corrected chi connectivity index (χ4v) is 5.01. The van der Waals surface area contributed by atoms with Gasteiger partial charge >= 0.3 is 0 Å². The number of carbonyl (C=O) groups excluding carboxylic acids is 1. The van der Waals surface area contributed by atoms with Crippen LogP contribution in [0.1, 0.15) is 52.5 Å². The van der Waals surface area contributed by atoms with Gasteiger partial charge in [0.1, 0.15) is 18.1 Å². The number of nitrogens with one attached hydrogen (secondary N) is 1. The van der Waals surface area contributed by atoms with E-state index in [1.165, 1.54) is 0 Å². The first-order chi connectivity index (χ1) is 20.6. The molecule has 0 aliphatic rings. The van der Waals surface area contributed by atoms with Crippen molar-refractivity contribution in [2.75, 3.05) is 47.7 Å². The molecule has 0 saturated carbocycles. The lowest BCUT2D eigenvalue weighted by Crippen LogP contribution is -2.43. The topological polar surface area (TPSA) is 122 Å². The van der Waals surface area contributed by atoms with Gasteiger partial charge in [-0.25, -0.2) is 0 Å². The number of aliphatic hydroxyl groups is 1. The van der Waals surface area contributed by atoms with Gasteiger partial charge in [0.05, 0.1) is 33.5 Å². The molecule has 4 N–H and O–H groups in total. The van der Waals surface area contributed by atoms with E-state index in [0.717, 1.165) is 24.2 Å². The second-order valence-corrected chi connectivity index (χ2v) is 11.8. The highest BCUT2D eigenvalue weighted by atomic mass is 16.5. The predicted molar refractivity (Wildman–Crippen MR) is 170 cm³/mol. The van der Waals surface area contributed by atoms with E-state index < -0.39 is 12.1 Å². The molecule has 0 heterocycles. The maximum Gasteiger partial charge on any atom is 0.223 e. The van der Waals surface area contributed by atoms with Crippen LogP contribution < -0.4 is 30.0 Å². The largest absolute Gasteiger partial charge is 0.497 e. The maximum atomic E-state index is 13.0. The lowest BCUT2D eigenvalue weighted by molar-refractivity contribution is -0.127. The van der Waals surface area contributed by atoms with Crippen molar-refractivity contribution in [3.8, 4) is 23.0 Å². The molecule has 0 unspecified atom stereocenters. The van der Waals surface area contributed by atoms with Crippen molar-refractivity contribution in [3.05, 3.63) is 48.0 Å². The molecule has 0 aromatic heterocycles. The zero-order valence-corrected chi connectivity index (χ0v) is 27.1. The Morgan fingerprint density at radius 2 is 1.53 bits per heavy atom. The van der Waals surface area contributed by atoms with Crippen molar-refractivity contribution in [1.29, 1.82) is 0 Å². The van der Waals surface area contributed by atoms with E-state index in [4.69, 9.17) is 29.4 Å². The second-order valence-electron chi connectivity index (χ2n) is 11.8. The highest BCUT2D eigenvalue weighted by molar-refractivity contribution is 5.78. The molecule has 0 aliphatic carbocycles. The van der Waals surface area contributed by atoms with Crippen LogP contribution in [0.3, 0.4) is 0 Å². The molecule has 9 heteroatoms. The number of methoxy groups -OCH3 is 3. The lowest BCUT2D eigenvalue weighted by Gasteiger charge is -2.30. The summed E-state index contributed by atoms with van der Waals surface area (Å²) >= 11 is 0. The third-order valence-electron chi connectivity index (χ3n) is 7.85. The molecule has 0 spiro atoms. The van der Waals surface area contributed by atoms with Crippen LogP contribution in [0.2, 0.25) is 0 Å². The molecule has 0 radical (unpaired) electrons. The Morgan fingerprint density at radius 3 is 2.14 bits per heavy atom. The molecular weight excluding hydrogens is 548 g/mol. The number of hydrogen-bond acceptors (Lipinski definition) is 8. The van der Waals surface area contributed by atoms with Crippen molar-refractivity contribution in [3.63, 3.8) is 0 Å². The van der Waals surface area contributed by atoms with E-state index in [2.05, 4.69) is 25.2 Å². The van der Waals surface area contributed by atoms with Crippen LogP contribution in [0.4, 0.5) is 0 Å². The summed E-state index contributed by atoms with van der Waals surface area (Å²) < 4.78 is 27.4. The lowest BCUT2D eigenvalue weighted by atomic mass is 9.81. The average molecular weight is 603 g/mol. The van der Waals surface area contributed by atoms with E-state index in [1.807, 2.05) is 50.2 Å². The van der Waals surface area contributed by atoms with Crippen LogP contribution in [-0.4, -0.2) is 70.9 Å². The van der Waals surface area contributed by atoms with Crippen LogP contribution in [0.15, 0.2) is 42.5 Å². The highest BCUT2D eigenvalue weighted by Crippen LogP contribution is 2.32. The number of aliphatic hydroxyl groups excluding tert-OH is 1. The smallest absolute Gasteiger partial charge is 0.223 e. The summed E-state index contributed by atoms with van der Waals surface area (Å²) in [6, 6.07) is 12.9. The monoisotopic (exact) mass is 602 g/mol. The van der Waals surface area contributed by atoms with Gasteiger partial charge in [-0.15, -0.1) is 0 Å². The van der Waals surface area contributed by atoms with Crippen LogP contribution in [-0.2, 0) is 16.0 Å². The third kappa shape index (κ3) is 12.6. The first kappa shape index (κ1) is 36.2. The number of hydrogen-bond donors (Lipinski definition) is 3. The Bertz CT molecular complexity index is 1060. The average Bonchev–Trinajstić information content (AvgIpc) is 2.99. The Hall–Kier alpha value is -3.01. The van der Waals surface area contributed by atoms with Gasteiger partial charge in [0.25, 0.3) is 0 Å². The third-order valence-corrected chi connectivity index (χ3v) is 7.85. The standard InChI is InChI=1S/C34H54N2O7/c1-23(2)26(19-25-9-14-32(41-7)33(20-25)43-17-8-16-39-5)21-30(35)31(37)22-29(24(3)4)34(38)36-15-18-42-28-12-10-27(40-6)11-13-28/h9-14,20,23-24,26,29-31,37H,8,15-19,21-22,35H2,1-7H3,(H,36,38)/t26-,29-,30-,31-/m0/s1. The molecule has 2 aromatic carbocycles. The molecule has 2 aromatic rings. The molecule has 242 valence electrons. The molecule has 1 amide bonds. The van der Waals surface area contributed by atoms with Crippen LogP contribution in [0, 0.1) is 23.7 Å². The quantitative estimate of drug-likeness (QED) is 0.173. The number of ether oxygens (including phenoxy) is 5. The van der Waals surface area contributed by atoms with Crippen molar-refractivity contribution in [2.45, 2.75) is 65.5 Å². The Kier molecular flexibility index (Phi) is 16.2. The molecule has 43 heavy (non-hydrogen) atoms. The summed E-state index contributed by atoms with van der Waals surface area (Å²) in [5, 5.41) is 14.1. The van der Waals surface area contributed by atoms with Crippen molar-refractivity contribution >= 4 is 5.91 Å². The SMILES string of the molecule is COCCCOc1cc(C[C@@H](C[C@H](N)[C@@H](O)C[C@H](C(=O)NCCOc2ccc(OC)cc2)C(C)C)C(C)C)ccc1OC. The van der Waals surface area contributed by atoms with Crippen molar-refractivity contribution < 1.29 is 33.6 Å². The molecule has 0 aliphatic heterocycles. The van der Waals surface area contributed by atoms with E-state index >= 15 is 0 Å². The van der Waals surface area contributed by atoms with Crippen molar-refractivity contribution in [1.82, 2.24) is 5.32 Å². The number of rotatable bonds is 21. The first-order valence-corrected chi connectivity index (χ1v) is 15.4. The fraction of sp³-hybridized carbons (Fsp3) is 0.618. The molecule has 2 rings (SSSR count). The minimum Gasteiger partial charge on any atom is -0.497 e. The van der Waals surface area contributed by atoms with Gasteiger partial charge < -0.3 is 39.8 Å². The van der Waals surface area contributed by atoms with E-state index in [-0.39, 0.29) is 23.7 Å². The normalized spacial score (nSPS) is 14.2. The van der Waals surface area contributed by atoms with Gasteiger partial charge in [-0.1, -0.05) is 33.8 Å². The molecular formula is C34H54N2O7. The molecule has 9 nitrogen and oxygen atoms in total. The molecule has 4 atom stereocenters. The highest BCUT2D eigenvalue weighted by Gasteiger charge is 2.29. The van der Waals surface area contributed by atoms with E-state index in [9.17, 15) is 9.90 Å². The van der Waals surface area contributed by atoms with Gasteiger partial charge in [0.2, 0.25) is 5.91 Å². The van der Waals surface area contributed by atoms with Gasteiger partial charge in [0, 0.05) is 32.1 Å². The summed E-state index contributed by atoms with van der Waals surface area (Å²) in [5.74, 6) is 3.04. The zero-order valence-electron chi connectivity index (χ0n) is 27.1. The zero-order chi connectivity index (χ0) is 31.8. The summed E-state index contributed by atoms with van der Waals surface area (Å²) in [6.07, 6.45) is 1.72. The summed E-state index contributed by atoms with van der Waals surface area (Å²) in [7, 11) is 4.92. The van der Waals surface area contributed by atoms with Crippen LogP contribution in [0.25, 0.3) is 0 Å². The van der Waals surface area contributed by atoms with Crippen molar-refractivity contribution in [2.24, 2.45) is 29.4 Å². The van der Waals surface area contributed by atoms with Gasteiger partial charge in [-0.05, 0) is 79.0 Å².